The van der Waals surface area contributed by atoms with E-state index in [0.29, 0.717) is 11.4 Å². The van der Waals surface area contributed by atoms with E-state index in [9.17, 15) is 29.4 Å². The Hall–Kier alpha value is -3.03. The van der Waals surface area contributed by atoms with Crippen molar-refractivity contribution in [3.63, 3.8) is 0 Å². The molecular formula is C26H16N4Na2O6S. The number of benzene rings is 2. The maximum absolute atomic E-state index is 11.5. The Bertz CT molecular complexity index is 1370. The van der Waals surface area contributed by atoms with Crippen LogP contribution in [0.15, 0.2) is 116 Å². The summed E-state index contributed by atoms with van der Waals surface area (Å²) in [7, 11) is 0. The van der Waals surface area contributed by atoms with E-state index >= 15 is 0 Å². The van der Waals surface area contributed by atoms with E-state index in [4.69, 9.17) is 0 Å². The smallest absolute Gasteiger partial charge is 0.545 e. The number of allylic oxidation sites excluding steroid dienone is 6. The molecule has 0 fully saturated rings. The second-order valence-electron chi connectivity index (χ2n) is 7.53. The first-order valence-corrected chi connectivity index (χ1v) is 11.5. The van der Waals surface area contributed by atoms with E-state index in [1.807, 2.05) is 24.3 Å². The van der Waals surface area contributed by atoms with Crippen molar-refractivity contribution in [1.82, 2.24) is 0 Å². The average Bonchev–Trinajstić information content (AvgIpc) is 2.89. The standard InChI is InChI=1S/C26H18N4O6S.2Na/c31-23-11-5-17(13-21(23)25(33)34)29-27-15-1-7-19(8-2-15)37-20-9-3-16(4-10-20)28-30-18-6-12-24(32)22(14-18)26(35)36;;/h1-14,27-28H,(H,33,34)(H,35,36);;/q;2*+1/p-2/b29-17-,30-18+;;. The first-order chi connectivity index (χ1) is 17.8. The van der Waals surface area contributed by atoms with Crippen molar-refractivity contribution in [1.29, 1.82) is 0 Å². The van der Waals surface area contributed by atoms with Crippen LogP contribution in [0.5, 0.6) is 0 Å². The van der Waals surface area contributed by atoms with Gasteiger partial charge in [-0.05, 0) is 85.0 Å². The van der Waals surface area contributed by atoms with E-state index in [1.165, 1.54) is 23.9 Å². The molecule has 184 valence electrons. The van der Waals surface area contributed by atoms with Crippen LogP contribution in [0.2, 0.25) is 0 Å². The zero-order valence-corrected chi connectivity index (χ0v) is 25.7. The van der Waals surface area contributed by atoms with Crippen molar-refractivity contribution in [3.8, 4) is 0 Å². The van der Waals surface area contributed by atoms with Gasteiger partial charge in [0.25, 0.3) is 0 Å². The molecule has 0 unspecified atom stereocenters. The quantitative estimate of drug-likeness (QED) is 0.140. The van der Waals surface area contributed by atoms with Crippen molar-refractivity contribution in [2.75, 3.05) is 10.9 Å². The summed E-state index contributed by atoms with van der Waals surface area (Å²) in [4.78, 5) is 46.9. The summed E-state index contributed by atoms with van der Waals surface area (Å²) in [5, 5.41) is 30.1. The van der Waals surface area contributed by atoms with Crippen LogP contribution in [0.25, 0.3) is 0 Å². The van der Waals surface area contributed by atoms with Gasteiger partial charge in [-0.1, -0.05) is 11.8 Å². The van der Waals surface area contributed by atoms with Gasteiger partial charge in [0.15, 0.2) is 11.6 Å². The van der Waals surface area contributed by atoms with Crippen molar-refractivity contribution in [3.05, 3.63) is 96.1 Å². The molecule has 4 rings (SSSR count). The predicted octanol–water partition coefficient (Wildman–Crippen LogP) is -4.99. The van der Waals surface area contributed by atoms with E-state index in [-0.39, 0.29) is 70.5 Å². The second-order valence-corrected chi connectivity index (χ2v) is 8.68. The van der Waals surface area contributed by atoms with E-state index < -0.39 is 34.7 Å². The SMILES string of the molecule is O=C([O-])C1=C/C(=N\Nc2ccc(Sc3ccc(N/N=C4\C=CC(=O)C(C(=O)[O-])=C4)cc3)cc2)C=CC1=O.[Na+].[Na+]. The van der Waals surface area contributed by atoms with Gasteiger partial charge in [-0.25, -0.2) is 0 Å². The Kier molecular flexibility index (Phi) is 12.3. The number of carbonyl (C=O) groups is 4. The number of nitrogens with one attached hydrogen (secondary N) is 2. The van der Waals surface area contributed by atoms with Crippen LogP contribution in [-0.4, -0.2) is 34.9 Å². The first-order valence-electron chi connectivity index (χ1n) is 10.6. The van der Waals surface area contributed by atoms with Gasteiger partial charge in [0.05, 0.1) is 34.7 Å². The number of carboxylic acid groups (broad SMARTS) is 2. The molecule has 0 aliphatic heterocycles. The number of nitrogens with zero attached hydrogens (tertiary/aromatic N) is 2. The van der Waals surface area contributed by atoms with Crippen molar-refractivity contribution >= 4 is 58.1 Å². The molecule has 0 heterocycles. The minimum Gasteiger partial charge on any atom is -0.545 e. The summed E-state index contributed by atoms with van der Waals surface area (Å²) < 4.78 is 0. The van der Waals surface area contributed by atoms with Crippen LogP contribution in [0.1, 0.15) is 0 Å². The molecule has 0 saturated heterocycles. The van der Waals surface area contributed by atoms with Crippen LogP contribution in [0.4, 0.5) is 11.4 Å². The minimum absolute atomic E-state index is 0. The molecule has 2 N–H and O–H groups in total. The number of rotatable bonds is 8. The van der Waals surface area contributed by atoms with E-state index in [2.05, 4.69) is 21.1 Å². The zero-order chi connectivity index (χ0) is 26.4. The third-order valence-electron chi connectivity index (χ3n) is 4.94. The summed E-state index contributed by atoms with van der Waals surface area (Å²) in [6, 6.07) is 14.7. The molecule has 2 aliphatic carbocycles. The maximum atomic E-state index is 11.5. The Balaban J connectivity index is 0.00000267. The fraction of sp³-hybridized carbons (Fsp3) is 0. The molecule has 0 radical (unpaired) electrons. The monoisotopic (exact) mass is 558 g/mol. The number of carbonyl (C=O) groups excluding carboxylic acids is 4. The van der Waals surface area contributed by atoms with Gasteiger partial charge < -0.3 is 19.8 Å². The summed E-state index contributed by atoms with van der Waals surface area (Å²) in [6.45, 7) is 0. The van der Waals surface area contributed by atoms with E-state index in [1.54, 1.807) is 24.3 Å². The van der Waals surface area contributed by atoms with Crippen LogP contribution in [0.3, 0.4) is 0 Å². The average molecular weight is 558 g/mol. The third kappa shape index (κ3) is 9.01. The number of anilines is 2. The van der Waals surface area contributed by atoms with Crippen LogP contribution in [0, 0.1) is 0 Å². The molecule has 2 aliphatic rings. The zero-order valence-electron chi connectivity index (χ0n) is 20.8. The molecule has 39 heavy (non-hydrogen) atoms. The van der Waals surface area contributed by atoms with Crippen LogP contribution in [-0.2, 0) is 19.2 Å². The van der Waals surface area contributed by atoms with Crippen molar-refractivity contribution in [2.24, 2.45) is 10.2 Å². The molecule has 0 amide bonds. The Morgan fingerprint density at radius 3 is 1.31 bits per heavy atom. The Labute approximate surface area is 271 Å². The van der Waals surface area contributed by atoms with Gasteiger partial charge in [-0.15, -0.1) is 0 Å². The topological polar surface area (TPSA) is 163 Å². The number of hydrazone groups is 2. The van der Waals surface area contributed by atoms with Gasteiger partial charge >= 0.3 is 59.1 Å². The third-order valence-corrected chi connectivity index (χ3v) is 5.95. The van der Waals surface area contributed by atoms with Crippen LogP contribution < -0.4 is 80.2 Å². The molecule has 0 spiro atoms. The Morgan fingerprint density at radius 1 is 0.615 bits per heavy atom. The molecule has 10 nitrogen and oxygen atoms in total. The second kappa shape index (κ2) is 14.9. The number of hydrogen-bond donors (Lipinski definition) is 2. The largest absolute Gasteiger partial charge is 1.00 e. The number of hydrogen-bond acceptors (Lipinski definition) is 11. The van der Waals surface area contributed by atoms with Crippen molar-refractivity contribution < 1.29 is 88.5 Å². The minimum atomic E-state index is -1.55. The normalized spacial score (nSPS) is 16.1. The molecule has 2 aromatic carbocycles. The first kappa shape index (κ1) is 32.2. The number of aliphatic carboxylic acids is 2. The summed E-state index contributed by atoms with van der Waals surface area (Å²) in [5.41, 5.74) is 6.61. The summed E-state index contributed by atoms with van der Waals surface area (Å²) in [5.74, 6) is -4.38. The summed E-state index contributed by atoms with van der Waals surface area (Å²) >= 11 is 1.52. The van der Waals surface area contributed by atoms with Gasteiger partial charge in [0.2, 0.25) is 0 Å². The molecule has 2 aromatic rings. The van der Waals surface area contributed by atoms with Gasteiger partial charge in [-0.3, -0.25) is 20.4 Å². The fourth-order valence-electron chi connectivity index (χ4n) is 3.08. The molecular weight excluding hydrogens is 542 g/mol. The van der Waals surface area contributed by atoms with Gasteiger partial charge in [-0.2, -0.15) is 10.2 Å². The Morgan fingerprint density at radius 2 is 0.974 bits per heavy atom. The van der Waals surface area contributed by atoms with Crippen molar-refractivity contribution in [2.45, 2.75) is 9.79 Å². The number of carboxylic acids is 2. The molecule has 0 atom stereocenters. The molecule has 13 heteroatoms. The summed E-state index contributed by atoms with van der Waals surface area (Å²) in [6.07, 6.45) is 7.35. The maximum Gasteiger partial charge on any atom is 1.00 e. The fourth-order valence-corrected chi connectivity index (χ4v) is 3.90. The van der Waals surface area contributed by atoms with Crippen LogP contribution >= 0.6 is 11.8 Å². The molecule has 0 aromatic heterocycles. The van der Waals surface area contributed by atoms with Gasteiger partial charge in [0, 0.05) is 20.9 Å². The number of ketones is 2. The van der Waals surface area contributed by atoms with Gasteiger partial charge in [0.1, 0.15) is 0 Å². The van der Waals surface area contributed by atoms with E-state index in [0.717, 1.165) is 34.1 Å². The predicted molar refractivity (Wildman–Crippen MR) is 134 cm³/mol. The molecule has 0 bridgehead atoms. The molecule has 0 saturated carbocycles.